The Hall–Kier alpha value is -1.10. The summed E-state index contributed by atoms with van der Waals surface area (Å²) in [6.45, 7) is 4.03. The molecule has 22 heavy (non-hydrogen) atoms. The summed E-state index contributed by atoms with van der Waals surface area (Å²) in [5, 5.41) is 3.02. The Balaban J connectivity index is 0.00000242. The topological polar surface area (TPSA) is 64.4 Å². The van der Waals surface area contributed by atoms with Gasteiger partial charge in [0.2, 0.25) is 5.91 Å². The van der Waals surface area contributed by atoms with Crippen LogP contribution in [0.4, 0.5) is 0 Å². The third-order valence-corrected chi connectivity index (χ3v) is 3.98. The fourth-order valence-corrected chi connectivity index (χ4v) is 2.68. The van der Waals surface area contributed by atoms with Crippen molar-refractivity contribution in [1.29, 1.82) is 0 Å². The van der Waals surface area contributed by atoms with Gasteiger partial charge in [0.15, 0.2) is 0 Å². The van der Waals surface area contributed by atoms with E-state index in [-0.39, 0.29) is 30.3 Å². The molecule has 0 saturated heterocycles. The zero-order valence-corrected chi connectivity index (χ0v) is 14.0. The van der Waals surface area contributed by atoms with Gasteiger partial charge in [0.05, 0.1) is 13.2 Å². The number of amides is 1. The van der Waals surface area contributed by atoms with Crippen molar-refractivity contribution in [3.8, 4) is 0 Å². The minimum atomic E-state index is 0. The molecule has 0 spiro atoms. The van der Waals surface area contributed by atoms with Crippen LogP contribution in [0.25, 0.3) is 0 Å². The van der Waals surface area contributed by atoms with Gasteiger partial charge in [-0.2, -0.15) is 0 Å². The molecule has 2 rings (SSSR count). The van der Waals surface area contributed by atoms with Gasteiger partial charge in [-0.25, -0.2) is 0 Å². The molecule has 1 saturated carbocycles. The largest absolute Gasteiger partial charge is 0.376 e. The lowest BCUT2D eigenvalue weighted by atomic mass is 10.1. The van der Waals surface area contributed by atoms with Crippen LogP contribution in [-0.2, 0) is 16.1 Å². The van der Waals surface area contributed by atoms with Crippen molar-refractivity contribution < 1.29 is 9.53 Å². The van der Waals surface area contributed by atoms with Crippen LogP contribution in [0.1, 0.15) is 31.7 Å². The van der Waals surface area contributed by atoms with Gasteiger partial charge < -0.3 is 15.8 Å². The highest BCUT2D eigenvalue weighted by Gasteiger charge is 2.27. The summed E-state index contributed by atoms with van der Waals surface area (Å²) in [5.74, 6) is 0.572. The van der Waals surface area contributed by atoms with Gasteiger partial charge in [-0.1, -0.05) is 37.3 Å². The van der Waals surface area contributed by atoms with Crippen LogP contribution in [0.5, 0.6) is 0 Å². The van der Waals surface area contributed by atoms with E-state index < -0.39 is 0 Å². The van der Waals surface area contributed by atoms with E-state index >= 15 is 0 Å². The van der Waals surface area contributed by atoms with Gasteiger partial charge >= 0.3 is 0 Å². The van der Waals surface area contributed by atoms with Crippen LogP contribution in [0, 0.1) is 11.8 Å². The van der Waals surface area contributed by atoms with E-state index in [1.807, 2.05) is 18.2 Å². The lowest BCUT2D eigenvalue weighted by Crippen LogP contribution is -2.34. The van der Waals surface area contributed by atoms with Gasteiger partial charge in [-0.15, -0.1) is 12.4 Å². The Morgan fingerprint density at radius 2 is 2.09 bits per heavy atom. The van der Waals surface area contributed by atoms with Gasteiger partial charge in [-0.3, -0.25) is 4.79 Å². The zero-order valence-electron chi connectivity index (χ0n) is 13.2. The van der Waals surface area contributed by atoms with Crippen LogP contribution >= 0.6 is 12.4 Å². The fraction of sp³-hybridized carbons (Fsp3) is 0.588. The van der Waals surface area contributed by atoms with Gasteiger partial charge in [0.1, 0.15) is 0 Å². The van der Waals surface area contributed by atoms with Crippen molar-refractivity contribution in [3.05, 3.63) is 35.9 Å². The predicted octanol–water partition coefficient (Wildman–Crippen LogP) is 2.50. The van der Waals surface area contributed by atoms with Gasteiger partial charge in [0, 0.05) is 18.5 Å². The Labute approximate surface area is 139 Å². The first-order valence-corrected chi connectivity index (χ1v) is 7.80. The summed E-state index contributed by atoms with van der Waals surface area (Å²) < 4.78 is 5.69. The first-order chi connectivity index (χ1) is 10.1. The van der Waals surface area contributed by atoms with Crippen molar-refractivity contribution in [1.82, 2.24) is 5.32 Å². The summed E-state index contributed by atoms with van der Waals surface area (Å²) >= 11 is 0. The molecule has 0 aliphatic heterocycles. The summed E-state index contributed by atoms with van der Waals surface area (Å²) in [5.41, 5.74) is 7.01. The highest BCUT2D eigenvalue weighted by atomic mass is 35.5. The minimum absolute atomic E-state index is 0. The molecule has 1 aliphatic rings. The average molecular weight is 327 g/mol. The number of hydrogen-bond acceptors (Lipinski definition) is 3. The predicted molar refractivity (Wildman–Crippen MR) is 90.8 cm³/mol. The molecule has 1 fully saturated rings. The summed E-state index contributed by atoms with van der Waals surface area (Å²) in [6, 6.07) is 10.3. The van der Waals surface area contributed by atoms with Crippen molar-refractivity contribution in [3.63, 3.8) is 0 Å². The van der Waals surface area contributed by atoms with Crippen LogP contribution < -0.4 is 11.1 Å². The molecule has 4 nitrogen and oxygen atoms in total. The molecule has 0 radical (unpaired) electrons. The Bertz CT molecular complexity index is 442. The molecule has 1 aromatic rings. The van der Waals surface area contributed by atoms with Crippen molar-refractivity contribution in [2.24, 2.45) is 17.6 Å². The quantitative estimate of drug-likeness (QED) is 0.809. The maximum atomic E-state index is 12.0. The van der Waals surface area contributed by atoms with Crippen LogP contribution in [0.2, 0.25) is 0 Å². The summed E-state index contributed by atoms with van der Waals surface area (Å²) in [6.07, 6.45) is 2.71. The van der Waals surface area contributed by atoms with Crippen LogP contribution in [0.15, 0.2) is 30.3 Å². The Morgan fingerprint density at radius 3 is 2.73 bits per heavy atom. The molecule has 1 aliphatic carbocycles. The van der Waals surface area contributed by atoms with Crippen molar-refractivity contribution in [2.45, 2.75) is 38.8 Å². The number of carbonyl (C=O) groups is 1. The normalized spacial score (nSPS) is 21.9. The molecule has 0 bridgehead atoms. The number of nitrogens with two attached hydrogens (primary N) is 1. The molecule has 0 heterocycles. The standard InChI is InChI=1S/C17H26N2O2.ClH/c1-13(11-21-12-14-5-3-2-4-6-14)10-19-17(20)15-7-8-16(18)9-15;/h2-6,13,15-16H,7-12,18H2,1H3,(H,19,20);1H. The highest BCUT2D eigenvalue weighted by molar-refractivity contribution is 5.85. The Morgan fingerprint density at radius 1 is 1.36 bits per heavy atom. The molecular formula is C17H27ClN2O2. The first kappa shape index (κ1) is 18.9. The zero-order chi connectivity index (χ0) is 15.1. The lowest BCUT2D eigenvalue weighted by Gasteiger charge is -2.15. The van der Waals surface area contributed by atoms with E-state index in [0.29, 0.717) is 25.7 Å². The number of benzene rings is 1. The number of hydrogen-bond donors (Lipinski definition) is 2. The second-order valence-corrected chi connectivity index (χ2v) is 6.12. The molecule has 3 atom stereocenters. The van der Waals surface area contributed by atoms with E-state index in [4.69, 9.17) is 10.5 Å². The van der Waals surface area contributed by atoms with Crippen molar-refractivity contribution >= 4 is 18.3 Å². The highest BCUT2D eigenvalue weighted by Crippen LogP contribution is 2.24. The molecule has 3 N–H and O–H groups in total. The number of carbonyl (C=O) groups excluding carboxylic acids is 1. The van der Waals surface area contributed by atoms with Crippen LogP contribution in [0.3, 0.4) is 0 Å². The van der Waals surface area contributed by atoms with E-state index in [1.54, 1.807) is 0 Å². The van der Waals surface area contributed by atoms with Gasteiger partial charge in [-0.05, 0) is 30.7 Å². The number of nitrogens with one attached hydrogen (secondary N) is 1. The smallest absolute Gasteiger partial charge is 0.223 e. The second-order valence-electron chi connectivity index (χ2n) is 6.12. The summed E-state index contributed by atoms with van der Waals surface area (Å²) in [7, 11) is 0. The molecular weight excluding hydrogens is 300 g/mol. The number of ether oxygens (including phenoxy) is 1. The third-order valence-electron chi connectivity index (χ3n) is 3.98. The number of halogens is 1. The number of rotatable bonds is 7. The minimum Gasteiger partial charge on any atom is -0.376 e. The SMILES string of the molecule is CC(CNC(=O)C1CCC(N)C1)COCc1ccccc1.Cl. The maximum absolute atomic E-state index is 12.0. The third kappa shape index (κ3) is 6.34. The molecule has 1 amide bonds. The molecule has 0 aromatic heterocycles. The fourth-order valence-electron chi connectivity index (χ4n) is 2.68. The second kappa shape index (κ2) is 9.82. The van der Waals surface area contributed by atoms with E-state index in [9.17, 15) is 4.79 Å². The average Bonchev–Trinajstić information content (AvgIpc) is 2.92. The van der Waals surface area contributed by atoms with Crippen LogP contribution in [-0.4, -0.2) is 25.1 Å². The maximum Gasteiger partial charge on any atom is 0.223 e. The van der Waals surface area contributed by atoms with E-state index in [2.05, 4.69) is 24.4 Å². The lowest BCUT2D eigenvalue weighted by molar-refractivity contribution is -0.125. The van der Waals surface area contributed by atoms with E-state index in [0.717, 1.165) is 19.3 Å². The monoisotopic (exact) mass is 326 g/mol. The van der Waals surface area contributed by atoms with Gasteiger partial charge in [0.25, 0.3) is 0 Å². The summed E-state index contributed by atoms with van der Waals surface area (Å²) in [4.78, 5) is 12.0. The van der Waals surface area contributed by atoms with Crippen molar-refractivity contribution in [2.75, 3.05) is 13.2 Å². The van der Waals surface area contributed by atoms with E-state index in [1.165, 1.54) is 5.56 Å². The first-order valence-electron chi connectivity index (χ1n) is 7.80. The Kier molecular flexibility index (Phi) is 8.46. The molecule has 124 valence electrons. The molecule has 3 unspecified atom stereocenters. The molecule has 1 aromatic carbocycles. The molecule has 5 heteroatoms.